The standard InChI is InChI=1S/C19H16N4O2S/c1-12(18(24)25-2)26-19-22-16-6-4-3-5-15(16)17(23-19)21-14-9-7-13(11-20)8-10-14/h3-10,12H,1-2H3,(H,21,22,23). The van der Waals surface area contributed by atoms with E-state index in [4.69, 9.17) is 10.00 Å². The molecular formula is C19H16N4O2S. The number of thioether (sulfide) groups is 1. The number of hydrogen-bond acceptors (Lipinski definition) is 7. The molecule has 3 aromatic rings. The number of ether oxygens (including phenoxy) is 1. The number of nitrogens with zero attached hydrogens (tertiary/aromatic N) is 3. The Balaban J connectivity index is 1.96. The van der Waals surface area contributed by atoms with Crippen molar-refractivity contribution < 1.29 is 9.53 Å². The molecule has 0 amide bonds. The van der Waals surface area contributed by atoms with E-state index in [1.165, 1.54) is 18.9 Å². The molecule has 0 aliphatic rings. The average molecular weight is 364 g/mol. The van der Waals surface area contributed by atoms with Crippen LogP contribution in [0.2, 0.25) is 0 Å². The summed E-state index contributed by atoms with van der Waals surface area (Å²) in [6.07, 6.45) is 0. The van der Waals surface area contributed by atoms with Crippen LogP contribution in [-0.4, -0.2) is 28.3 Å². The average Bonchev–Trinajstić information content (AvgIpc) is 2.68. The van der Waals surface area contributed by atoms with Crippen molar-refractivity contribution in [3.8, 4) is 6.07 Å². The Morgan fingerprint density at radius 1 is 1.19 bits per heavy atom. The lowest BCUT2D eigenvalue weighted by molar-refractivity contribution is -0.139. The van der Waals surface area contributed by atoms with Crippen LogP contribution in [0.25, 0.3) is 10.9 Å². The highest BCUT2D eigenvalue weighted by Gasteiger charge is 2.18. The number of para-hydroxylation sites is 1. The van der Waals surface area contributed by atoms with E-state index in [2.05, 4.69) is 21.4 Å². The number of fused-ring (bicyclic) bond motifs is 1. The fraction of sp³-hybridized carbons (Fsp3) is 0.158. The minimum Gasteiger partial charge on any atom is -0.468 e. The molecule has 2 aromatic carbocycles. The van der Waals surface area contributed by atoms with Gasteiger partial charge in [-0.15, -0.1) is 0 Å². The molecule has 130 valence electrons. The summed E-state index contributed by atoms with van der Waals surface area (Å²) in [5.74, 6) is 0.313. The molecule has 6 nitrogen and oxygen atoms in total. The van der Waals surface area contributed by atoms with E-state index in [0.717, 1.165) is 16.6 Å². The Kier molecular flexibility index (Phi) is 5.34. The first kappa shape index (κ1) is 17.7. The maximum Gasteiger partial charge on any atom is 0.318 e. The number of hydrogen-bond donors (Lipinski definition) is 1. The van der Waals surface area contributed by atoms with Gasteiger partial charge in [0.15, 0.2) is 5.16 Å². The van der Waals surface area contributed by atoms with Crippen LogP contribution < -0.4 is 5.32 Å². The molecule has 0 aliphatic heterocycles. The molecule has 7 heteroatoms. The summed E-state index contributed by atoms with van der Waals surface area (Å²) in [6, 6.07) is 16.8. The summed E-state index contributed by atoms with van der Waals surface area (Å²) < 4.78 is 4.76. The van der Waals surface area contributed by atoms with E-state index in [1.54, 1.807) is 19.1 Å². The fourth-order valence-electron chi connectivity index (χ4n) is 2.34. The Labute approximate surface area is 155 Å². The van der Waals surface area contributed by atoms with Crippen LogP contribution in [0.15, 0.2) is 53.7 Å². The van der Waals surface area contributed by atoms with Crippen LogP contribution >= 0.6 is 11.8 Å². The summed E-state index contributed by atoms with van der Waals surface area (Å²) >= 11 is 1.24. The van der Waals surface area contributed by atoms with Gasteiger partial charge in [0.1, 0.15) is 11.1 Å². The highest BCUT2D eigenvalue weighted by atomic mass is 32.2. The number of aromatic nitrogens is 2. The molecule has 1 N–H and O–H groups in total. The highest BCUT2D eigenvalue weighted by molar-refractivity contribution is 8.00. The van der Waals surface area contributed by atoms with Gasteiger partial charge < -0.3 is 10.1 Å². The first-order valence-corrected chi connectivity index (χ1v) is 8.77. The lowest BCUT2D eigenvalue weighted by Crippen LogP contribution is -2.15. The Morgan fingerprint density at radius 3 is 2.62 bits per heavy atom. The number of rotatable bonds is 5. The third kappa shape index (κ3) is 3.92. The first-order valence-electron chi connectivity index (χ1n) is 7.89. The third-order valence-electron chi connectivity index (χ3n) is 3.67. The van der Waals surface area contributed by atoms with Gasteiger partial charge in [-0.3, -0.25) is 4.79 Å². The SMILES string of the molecule is COC(=O)C(C)Sc1nc(Nc2ccc(C#N)cc2)c2ccccc2n1. The van der Waals surface area contributed by atoms with E-state index in [-0.39, 0.29) is 5.97 Å². The molecule has 0 saturated carbocycles. The molecule has 3 rings (SSSR count). The number of nitrogens with one attached hydrogen (secondary N) is 1. The lowest BCUT2D eigenvalue weighted by Gasteiger charge is -2.12. The smallest absolute Gasteiger partial charge is 0.318 e. The Hall–Kier alpha value is -3.11. The van der Waals surface area contributed by atoms with Gasteiger partial charge in [-0.25, -0.2) is 9.97 Å². The monoisotopic (exact) mass is 364 g/mol. The molecule has 0 radical (unpaired) electrons. The normalized spacial score (nSPS) is 11.6. The lowest BCUT2D eigenvalue weighted by atomic mass is 10.2. The second kappa shape index (κ2) is 7.85. The summed E-state index contributed by atoms with van der Waals surface area (Å²) in [6.45, 7) is 1.75. The maximum atomic E-state index is 11.7. The number of esters is 1. The van der Waals surface area contributed by atoms with Crippen molar-refractivity contribution in [2.75, 3.05) is 12.4 Å². The topological polar surface area (TPSA) is 87.9 Å². The van der Waals surface area contributed by atoms with Gasteiger partial charge >= 0.3 is 5.97 Å². The predicted molar refractivity (Wildman–Crippen MR) is 101 cm³/mol. The van der Waals surface area contributed by atoms with Crippen molar-refractivity contribution in [3.05, 3.63) is 54.1 Å². The van der Waals surface area contributed by atoms with Gasteiger partial charge in [-0.2, -0.15) is 5.26 Å². The number of carbonyl (C=O) groups is 1. The second-order valence-electron chi connectivity index (χ2n) is 5.47. The molecule has 0 fully saturated rings. The van der Waals surface area contributed by atoms with Crippen LogP contribution in [0.1, 0.15) is 12.5 Å². The first-order chi connectivity index (χ1) is 12.6. The molecule has 1 unspecified atom stereocenters. The Bertz CT molecular complexity index is 983. The van der Waals surface area contributed by atoms with Crippen molar-refractivity contribution >= 4 is 40.1 Å². The summed E-state index contributed by atoms with van der Waals surface area (Å²) in [4.78, 5) is 20.8. The van der Waals surface area contributed by atoms with Crippen molar-refractivity contribution in [1.82, 2.24) is 9.97 Å². The van der Waals surface area contributed by atoms with Gasteiger partial charge in [0.25, 0.3) is 0 Å². The Morgan fingerprint density at radius 2 is 1.92 bits per heavy atom. The predicted octanol–water partition coefficient (Wildman–Crippen LogP) is 3.90. The molecule has 0 spiro atoms. The minimum atomic E-state index is -0.413. The second-order valence-corrected chi connectivity index (χ2v) is 6.78. The zero-order chi connectivity index (χ0) is 18.5. The molecule has 1 atom stereocenters. The molecule has 1 heterocycles. The van der Waals surface area contributed by atoms with Crippen LogP contribution in [0.3, 0.4) is 0 Å². The molecule has 26 heavy (non-hydrogen) atoms. The van der Waals surface area contributed by atoms with Crippen molar-refractivity contribution in [2.45, 2.75) is 17.3 Å². The van der Waals surface area contributed by atoms with Gasteiger partial charge in [0.05, 0.1) is 24.3 Å². The van der Waals surface area contributed by atoms with Crippen LogP contribution in [0.5, 0.6) is 0 Å². The van der Waals surface area contributed by atoms with E-state index < -0.39 is 5.25 Å². The van der Waals surface area contributed by atoms with E-state index in [9.17, 15) is 4.79 Å². The van der Waals surface area contributed by atoms with Gasteiger partial charge in [-0.1, -0.05) is 23.9 Å². The minimum absolute atomic E-state index is 0.326. The molecule has 1 aromatic heterocycles. The molecule has 0 aliphatic carbocycles. The number of methoxy groups -OCH3 is 1. The summed E-state index contributed by atoms with van der Waals surface area (Å²) in [5.41, 5.74) is 2.18. The van der Waals surface area contributed by atoms with Crippen LogP contribution in [0, 0.1) is 11.3 Å². The number of anilines is 2. The van der Waals surface area contributed by atoms with E-state index in [0.29, 0.717) is 16.5 Å². The molecule has 0 bridgehead atoms. The van der Waals surface area contributed by atoms with Gasteiger partial charge in [0, 0.05) is 11.1 Å². The fourth-order valence-corrected chi connectivity index (χ4v) is 3.14. The number of benzene rings is 2. The van der Waals surface area contributed by atoms with Crippen LogP contribution in [0.4, 0.5) is 11.5 Å². The summed E-state index contributed by atoms with van der Waals surface area (Å²) in [7, 11) is 1.36. The van der Waals surface area contributed by atoms with Crippen LogP contribution in [-0.2, 0) is 9.53 Å². The number of carbonyl (C=O) groups excluding carboxylic acids is 1. The van der Waals surface area contributed by atoms with Crippen molar-refractivity contribution in [1.29, 1.82) is 5.26 Å². The maximum absolute atomic E-state index is 11.7. The van der Waals surface area contributed by atoms with E-state index in [1.807, 2.05) is 36.4 Å². The van der Waals surface area contributed by atoms with Crippen molar-refractivity contribution in [3.63, 3.8) is 0 Å². The van der Waals surface area contributed by atoms with Crippen molar-refractivity contribution in [2.24, 2.45) is 0 Å². The third-order valence-corrected chi connectivity index (χ3v) is 4.61. The number of nitriles is 1. The summed E-state index contributed by atoms with van der Waals surface area (Å²) in [5, 5.41) is 13.1. The van der Waals surface area contributed by atoms with E-state index >= 15 is 0 Å². The quantitative estimate of drug-likeness (QED) is 0.417. The molecular weight excluding hydrogens is 348 g/mol. The molecule has 0 saturated heterocycles. The van der Waals surface area contributed by atoms with Gasteiger partial charge in [-0.05, 0) is 43.3 Å². The van der Waals surface area contributed by atoms with Gasteiger partial charge in [0.2, 0.25) is 0 Å². The zero-order valence-corrected chi connectivity index (χ0v) is 15.1. The highest BCUT2D eigenvalue weighted by Crippen LogP contribution is 2.28. The largest absolute Gasteiger partial charge is 0.468 e. The zero-order valence-electron chi connectivity index (χ0n) is 14.3.